The van der Waals surface area contributed by atoms with Crippen LogP contribution in [0.1, 0.15) is 13.3 Å². The number of hydrogen-bond donors (Lipinski definition) is 4. The van der Waals surface area contributed by atoms with Gasteiger partial charge >= 0.3 is 11.9 Å². The molecule has 0 bridgehead atoms. The number of anilines is 1. The smallest absolute Gasteiger partial charge is 0.322 e. The van der Waals surface area contributed by atoms with E-state index >= 15 is 0 Å². The Bertz CT molecular complexity index is 668. The molecule has 0 aliphatic rings. The first-order chi connectivity index (χ1) is 9.61. The fraction of sp³-hybridized carbons (Fsp3) is 0.375. The van der Waals surface area contributed by atoms with E-state index < -0.39 is 44.7 Å². The number of carbonyl (C=O) groups is 3. The first-order valence-corrected chi connectivity index (χ1v) is 7.50. The van der Waals surface area contributed by atoms with Crippen LogP contribution in [-0.2, 0) is 24.4 Å². The van der Waals surface area contributed by atoms with Crippen LogP contribution in [0, 0.1) is 0 Å². The summed E-state index contributed by atoms with van der Waals surface area (Å²) in [6.07, 6.45) is -0.939. The van der Waals surface area contributed by atoms with E-state index in [1.807, 2.05) is 0 Å². The minimum Gasteiger partial charge on any atom is -0.481 e. The molecular formula is C8H10N4O7S2. The zero-order valence-electron chi connectivity index (χ0n) is 10.4. The van der Waals surface area contributed by atoms with Gasteiger partial charge in [-0.05, 0) is 0 Å². The zero-order chi connectivity index (χ0) is 16.2. The van der Waals surface area contributed by atoms with E-state index in [1.54, 1.807) is 4.72 Å². The molecule has 21 heavy (non-hydrogen) atoms. The molecular weight excluding hydrogens is 328 g/mol. The highest BCUT2D eigenvalue weighted by Gasteiger charge is 2.30. The molecule has 0 spiro atoms. The van der Waals surface area contributed by atoms with Gasteiger partial charge in [-0.2, -0.15) is 4.72 Å². The molecule has 11 nitrogen and oxygen atoms in total. The molecule has 4 N–H and O–H groups in total. The molecule has 116 valence electrons. The lowest BCUT2D eigenvalue weighted by molar-refractivity contribution is -0.145. The lowest BCUT2D eigenvalue weighted by atomic mass is 10.2. The molecule has 0 radical (unpaired) electrons. The van der Waals surface area contributed by atoms with Crippen LogP contribution in [0.25, 0.3) is 0 Å². The van der Waals surface area contributed by atoms with Crippen LogP contribution < -0.4 is 10.0 Å². The predicted octanol–water partition coefficient (Wildman–Crippen LogP) is -1.30. The van der Waals surface area contributed by atoms with Crippen LogP contribution in [0.3, 0.4) is 0 Å². The molecule has 13 heteroatoms. The van der Waals surface area contributed by atoms with Crippen molar-refractivity contribution >= 4 is 44.3 Å². The van der Waals surface area contributed by atoms with Crippen LogP contribution >= 0.6 is 11.3 Å². The van der Waals surface area contributed by atoms with E-state index in [0.29, 0.717) is 11.3 Å². The molecule has 1 aromatic heterocycles. The maximum absolute atomic E-state index is 11.9. The monoisotopic (exact) mass is 338 g/mol. The second-order valence-electron chi connectivity index (χ2n) is 3.66. The lowest BCUT2D eigenvalue weighted by Crippen LogP contribution is -2.42. The van der Waals surface area contributed by atoms with Crippen molar-refractivity contribution in [3.63, 3.8) is 0 Å². The summed E-state index contributed by atoms with van der Waals surface area (Å²) in [6.45, 7) is 1.18. The van der Waals surface area contributed by atoms with E-state index in [-0.39, 0.29) is 5.13 Å². The highest BCUT2D eigenvalue weighted by Crippen LogP contribution is 2.20. The van der Waals surface area contributed by atoms with Gasteiger partial charge in [0.15, 0.2) is 0 Å². The molecule has 0 saturated carbocycles. The van der Waals surface area contributed by atoms with Crippen LogP contribution in [0.5, 0.6) is 0 Å². The Hall–Kier alpha value is -2.12. The molecule has 1 unspecified atom stereocenters. The summed E-state index contributed by atoms with van der Waals surface area (Å²) < 4.78 is 24.8. The van der Waals surface area contributed by atoms with Crippen LogP contribution in [0.2, 0.25) is 0 Å². The molecule has 0 fully saturated rings. The van der Waals surface area contributed by atoms with Gasteiger partial charge in [-0.3, -0.25) is 14.4 Å². The van der Waals surface area contributed by atoms with Gasteiger partial charge < -0.3 is 15.5 Å². The number of carbonyl (C=O) groups excluding carboxylic acids is 1. The summed E-state index contributed by atoms with van der Waals surface area (Å²) in [5, 5.41) is 26.1. The Balaban J connectivity index is 2.94. The fourth-order valence-electron chi connectivity index (χ4n) is 1.11. The van der Waals surface area contributed by atoms with Crippen LogP contribution in [0.15, 0.2) is 4.34 Å². The van der Waals surface area contributed by atoms with Gasteiger partial charge in [0.25, 0.3) is 10.0 Å². The SMILES string of the molecule is CC(=O)Nc1nnc(S(=O)(=O)NC(CC(=O)O)C(=O)O)s1. The highest BCUT2D eigenvalue weighted by molar-refractivity contribution is 7.91. The van der Waals surface area contributed by atoms with Crippen LogP contribution in [0.4, 0.5) is 5.13 Å². The van der Waals surface area contributed by atoms with Gasteiger partial charge in [0.1, 0.15) is 6.04 Å². The van der Waals surface area contributed by atoms with Gasteiger partial charge in [0, 0.05) is 6.92 Å². The topological polar surface area (TPSA) is 176 Å². The van der Waals surface area contributed by atoms with E-state index in [9.17, 15) is 22.8 Å². The number of sulfonamides is 1. The average Bonchev–Trinajstić information content (AvgIpc) is 2.75. The summed E-state index contributed by atoms with van der Waals surface area (Å²) >= 11 is 0.496. The van der Waals surface area contributed by atoms with Gasteiger partial charge in [0.2, 0.25) is 15.4 Å². The number of nitrogens with zero attached hydrogens (tertiary/aromatic N) is 2. The van der Waals surface area contributed by atoms with Gasteiger partial charge in [0.05, 0.1) is 6.42 Å². The van der Waals surface area contributed by atoms with Crippen molar-refractivity contribution in [2.24, 2.45) is 0 Å². The van der Waals surface area contributed by atoms with Crippen molar-refractivity contribution in [3.8, 4) is 0 Å². The normalized spacial score (nSPS) is 12.6. The van der Waals surface area contributed by atoms with Gasteiger partial charge in [-0.1, -0.05) is 11.3 Å². The zero-order valence-corrected chi connectivity index (χ0v) is 12.1. The second kappa shape index (κ2) is 6.55. The third-order valence-corrected chi connectivity index (χ3v) is 4.57. The Morgan fingerprint density at radius 3 is 2.38 bits per heavy atom. The summed E-state index contributed by atoms with van der Waals surface area (Å²) in [7, 11) is -4.37. The third-order valence-electron chi connectivity index (χ3n) is 1.89. The molecule has 0 aliphatic carbocycles. The number of rotatable bonds is 7. The first-order valence-electron chi connectivity index (χ1n) is 5.20. The predicted molar refractivity (Wildman–Crippen MR) is 68.2 cm³/mol. The fourth-order valence-corrected chi connectivity index (χ4v) is 3.26. The molecule has 1 aromatic rings. The van der Waals surface area contributed by atoms with Crippen molar-refractivity contribution in [2.45, 2.75) is 23.7 Å². The highest BCUT2D eigenvalue weighted by atomic mass is 32.2. The van der Waals surface area contributed by atoms with E-state index in [2.05, 4.69) is 15.5 Å². The van der Waals surface area contributed by atoms with E-state index in [0.717, 1.165) is 0 Å². The number of aliphatic carboxylic acids is 2. The standard InChI is InChI=1S/C8H10N4O7S2/c1-3(13)9-7-10-11-8(20-7)21(18,19)12-4(6(16)17)2-5(14)15/h4,12H,2H2,1H3,(H,14,15)(H,16,17)(H,9,10,13). The Morgan fingerprint density at radius 1 is 1.29 bits per heavy atom. The second-order valence-corrected chi connectivity index (χ2v) is 6.53. The van der Waals surface area contributed by atoms with Crippen molar-refractivity contribution in [3.05, 3.63) is 0 Å². The molecule has 0 saturated heterocycles. The lowest BCUT2D eigenvalue weighted by Gasteiger charge is -2.10. The van der Waals surface area contributed by atoms with Gasteiger partial charge in [-0.25, -0.2) is 8.42 Å². The maximum Gasteiger partial charge on any atom is 0.322 e. The number of carboxylic acids is 2. The molecule has 1 amide bonds. The minimum atomic E-state index is -4.37. The van der Waals surface area contributed by atoms with E-state index in [4.69, 9.17) is 10.2 Å². The number of aromatic nitrogens is 2. The molecule has 1 heterocycles. The summed E-state index contributed by atoms with van der Waals surface area (Å²) in [4.78, 5) is 32.1. The minimum absolute atomic E-state index is 0.0898. The summed E-state index contributed by atoms with van der Waals surface area (Å²) in [5.41, 5.74) is 0. The van der Waals surface area contributed by atoms with Gasteiger partial charge in [-0.15, -0.1) is 10.2 Å². The average molecular weight is 338 g/mol. The largest absolute Gasteiger partial charge is 0.481 e. The van der Waals surface area contributed by atoms with Crippen molar-refractivity contribution in [2.75, 3.05) is 5.32 Å². The first kappa shape index (κ1) is 16.9. The summed E-state index contributed by atoms with van der Waals surface area (Å²) in [5.74, 6) is -3.62. The summed E-state index contributed by atoms with van der Waals surface area (Å²) in [6, 6.07) is -1.85. The number of hydrogen-bond acceptors (Lipinski definition) is 8. The Kier molecular flexibility index (Phi) is 5.28. The molecule has 1 atom stereocenters. The Labute approximate surface area is 122 Å². The van der Waals surface area contributed by atoms with Crippen molar-refractivity contribution in [1.29, 1.82) is 0 Å². The molecule has 0 aromatic carbocycles. The number of amides is 1. The third kappa shape index (κ3) is 5.05. The number of carboxylic acid groups (broad SMARTS) is 2. The van der Waals surface area contributed by atoms with Crippen LogP contribution in [-0.4, -0.2) is 52.7 Å². The number of nitrogens with one attached hydrogen (secondary N) is 2. The molecule has 1 rings (SSSR count). The quantitative estimate of drug-likeness (QED) is 0.440. The Morgan fingerprint density at radius 2 is 1.90 bits per heavy atom. The van der Waals surface area contributed by atoms with Crippen molar-refractivity contribution in [1.82, 2.24) is 14.9 Å². The van der Waals surface area contributed by atoms with Crippen molar-refractivity contribution < 1.29 is 33.0 Å². The maximum atomic E-state index is 11.9. The van der Waals surface area contributed by atoms with E-state index in [1.165, 1.54) is 6.92 Å². The molecule has 0 aliphatic heterocycles.